The molecule has 7 rings (SSSR count). The first-order valence-corrected chi connectivity index (χ1v) is 19.5. The van der Waals surface area contributed by atoms with Crippen LogP contribution < -0.4 is 4.74 Å². The van der Waals surface area contributed by atoms with Crippen molar-refractivity contribution in [3.63, 3.8) is 0 Å². The number of fused-ring (bicyclic) bond motifs is 3. The maximum Gasteiger partial charge on any atom is 0.137 e. The van der Waals surface area contributed by atoms with E-state index in [1.165, 1.54) is 57.9 Å². The number of aromatic nitrogens is 4. The smallest absolute Gasteiger partial charge is 0.137 e. The summed E-state index contributed by atoms with van der Waals surface area (Å²) in [4.78, 5) is 4.85. The summed E-state index contributed by atoms with van der Waals surface area (Å²) in [5, 5.41) is 7.51. The molecular weight excluding hydrogens is 649 g/mol. The van der Waals surface area contributed by atoms with Gasteiger partial charge in [-0.05, 0) is 129 Å². The van der Waals surface area contributed by atoms with Crippen LogP contribution in [-0.4, -0.2) is 19.3 Å². The fourth-order valence-corrected chi connectivity index (χ4v) is 7.75. The van der Waals surface area contributed by atoms with Gasteiger partial charge in [-0.15, -0.1) is 0 Å². The van der Waals surface area contributed by atoms with Gasteiger partial charge in [0, 0.05) is 40.4 Å². The van der Waals surface area contributed by atoms with E-state index in [0.29, 0.717) is 11.8 Å². The highest BCUT2D eigenvalue weighted by Crippen LogP contribution is 2.38. The molecule has 0 aliphatic rings. The summed E-state index contributed by atoms with van der Waals surface area (Å²) in [7, 11) is 0. The Kier molecular flexibility index (Phi) is 10.5. The largest absolute Gasteiger partial charge is 0.457 e. The number of aryl methyl sites for hydroxylation is 3. The van der Waals surface area contributed by atoms with E-state index in [1.54, 1.807) is 0 Å². The minimum atomic E-state index is 0.499. The Labute approximate surface area is 315 Å². The average Bonchev–Trinajstić information content (AvgIpc) is 3.62. The molecule has 0 saturated heterocycles. The first kappa shape index (κ1) is 36.2. The van der Waals surface area contributed by atoms with Crippen molar-refractivity contribution in [2.24, 2.45) is 11.8 Å². The Morgan fingerprint density at radius 2 is 1.47 bits per heavy atom. The van der Waals surface area contributed by atoms with Crippen molar-refractivity contribution in [1.82, 2.24) is 19.3 Å². The molecule has 0 radical (unpaired) electrons. The topological polar surface area (TPSA) is 44.9 Å². The Morgan fingerprint density at radius 3 is 2.23 bits per heavy atom. The van der Waals surface area contributed by atoms with Crippen LogP contribution in [0.3, 0.4) is 0 Å². The number of hydrogen-bond donors (Lipinski definition) is 0. The molecule has 272 valence electrons. The van der Waals surface area contributed by atoms with Crippen LogP contribution >= 0.6 is 0 Å². The van der Waals surface area contributed by atoms with E-state index in [1.807, 2.05) is 6.20 Å². The van der Waals surface area contributed by atoms with Gasteiger partial charge in [-0.3, -0.25) is 4.57 Å². The van der Waals surface area contributed by atoms with Crippen LogP contribution in [-0.2, 0) is 6.42 Å². The van der Waals surface area contributed by atoms with E-state index in [2.05, 4.69) is 162 Å². The monoisotopic (exact) mass is 702 g/mol. The van der Waals surface area contributed by atoms with Crippen molar-refractivity contribution in [3.05, 3.63) is 131 Å². The van der Waals surface area contributed by atoms with E-state index in [-0.39, 0.29) is 0 Å². The molecule has 53 heavy (non-hydrogen) atoms. The minimum Gasteiger partial charge on any atom is -0.457 e. The van der Waals surface area contributed by atoms with Gasteiger partial charge in [0.1, 0.15) is 17.3 Å². The highest BCUT2D eigenvalue weighted by Gasteiger charge is 2.19. The molecular formula is C48H54N4O. The summed E-state index contributed by atoms with van der Waals surface area (Å²) in [6, 6.07) is 34.9. The summed E-state index contributed by atoms with van der Waals surface area (Å²) in [5.41, 5.74) is 11.6. The molecule has 3 aromatic heterocycles. The Morgan fingerprint density at radius 1 is 0.679 bits per heavy atom. The van der Waals surface area contributed by atoms with Crippen LogP contribution in [0.2, 0.25) is 0 Å². The van der Waals surface area contributed by atoms with Gasteiger partial charge in [0.2, 0.25) is 0 Å². The van der Waals surface area contributed by atoms with Gasteiger partial charge in [-0.2, -0.15) is 5.10 Å². The zero-order valence-electron chi connectivity index (χ0n) is 32.8. The highest BCUT2D eigenvalue weighted by molar-refractivity contribution is 6.09. The number of benzene rings is 4. The number of pyridine rings is 1. The Hall–Kier alpha value is -5.16. The number of rotatable bonds is 13. The molecule has 5 heteroatoms. The summed E-state index contributed by atoms with van der Waals surface area (Å²) in [5.74, 6) is 4.35. The first-order valence-electron chi connectivity index (χ1n) is 19.5. The standard InChI is InChI=1S/C48H54N4O/c1-31(2)13-12-14-34(6)39-19-22-45-44(28-39)43-21-20-41(30-46(43)51(45)47-25-33(5)23-24-49-47)53-42-27-37(18-17-32(3)4)26-40(29-42)52-36(8)48(35(7)50-52)38-15-10-9-11-16-38/h9-11,15-16,19-32,34H,12-14,17-18H2,1-8H3. The summed E-state index contributed by atoms with van der Waals surface area (Å²) < 4.78 is 11.2. The van der Waals surface area contributed by atoms with E-state index in [0.717, 1.165) is 64.2 Å². The fraction of sp³-hybridized carbons (Fsp3) is 0.333. The van der Waals surface area contributed by atoms with Crippen LogP contribution in [0.1, 0.15) is 94.3 Å². The number of hydrogen-bond acceptors (Lipinski definition) is 3. The predicted molar refractivity (Wildman–Crippen MR) is 222 cm³/mol. The third-order valence-electron chi connectivity index (χ3n) is 10.7. The lowest BCUT2D eigenvalue weighted by Gasteiger charge is -2.14. The van der Waals surface area contributed by atoms with Crippen molar-refractivity contribution in [2.75, 3.05) is 0 Å². The molecule has 4 aromatic carbocycles. The quantitative estimate of drug-likeness (QED) is 0.120. The second-order valence-corrected chi connectivity index (χ2v) is 15.9. The SMILES string of the molecule is Cc1ccnc(-n2c3ccc(C(C)CCCC(C)C)cc3c3ccc(Oc4cc(CCC(C)C)cc(-n5nc(C)c(-c6ccccc6)c5C)c4)cc32)c1. The van der Waals surface area contributed by atoms with Crippen molar-refractivity contribution in [2.45, 2.75) is 93.4 Å². The molecule has 0 aliphatic carbocycles. The lowest BCUT2D eigenvalue weighted by molar-refractivity contribution is 0.481. The maximum absolute atomic E-state index is 6.82. The van der Waals surface area contributed by atoms with Crippen molar-refractivity contribution < 1.29 is 4.74 Å². The highest BCUT2D eigenvalue weighted by atomic mass is 16.5. The lowest BCUT2D eigenvalue weighted by atomic mass is 9.92. The molecule has 5 nitrogen and oxygen atoms in total. The van der Waals surface area contributed by atoms with Gasteiger partial charge < -0.3 is 4.74 Å². The average molecular weight is 703 g/mol. The Balaban J connectivity index is 1.30. The molecule has 0 aliphatic heterocycles. The van der Waals surface area contributed by atoms with Gasteiger partial charge in [-0.25, -0.2) is 9.67 Å². The second kappa shape index (κ2) is 15.4. The van der Waals surface area contributed by atoms with Crippen molar-refractivity contribution in [3.8, 4) is 34.1 Å². The van der Waals surface area contributed by atoms with Gasteiger partial charge in [-0.1, -0.05) is 83.9 Å². The molecule has 0 bridgehead atoms. The predicted octanol–water partition coefficient (Wildman–Crippen LogP) is 13.3. The van der Waals surface area contributed by atoms with Crippen molar-refractivity contribution >= 4 is 21.8 Å². The molecule has 7 aromatic rings. The summed E-state index contributed by atoms with van der Waals surface area (Å²) >= 11 is 0. The zero-order chi connectivity index (χ0) is 37.2. The lowest BCUT2D eigenvalue weighted by Crippen LogP contribution is -2.02. The molecule has 0 amide bonds. The zero-order valence-corrected chi connectivity index (χ0v) is 32.8. The molecule has 3 heterocycles. The third kappa shape index (κ3) is 7.81. The van der Waals surface area contributed by atoms with E-state index in [9.17, 15) is 0 Å². The van der Waals surface area contributed by atoms with Crippen LogP contribution in [0.25, 0.3) is 44.4 Å². The molecule has 1 unspecified atom stereocenters. The minimum absolute atomic E-state index is 0.499. The fourth-order valence-electron chi connectivity index (χ4n) is 7.75. The molecule has 0 fully saturated rings. The van der Waals surface area contributed by atoms with Gasteiger partial charge in [0.25, 0.3) is 0 Å². The summed E-state index contributed by atoms with van der Waals surface area (Å²) in [6.45, 7) is 17.9. The number of ether oxygens (including phenoxy) is 1. The normalized spacial score (nSPS) is 12.4. The van der Waals surface area contributed by atoms with Crippen LogP contribution in [0.15, 0.2) is 103 Å². The number of nitrogens with zero attached hydrogens (tertiary/aromatic N) is 4. The molecule has 0 spiro atoms. The van der Waals surface area contributed by atoms with E-state index >= 15 is 0 Å². The maximum atomic E-state index is 6.82. The van der Waals surface area contributed by atoms with Crippen LogP contribution in [0, 0.1) is 32.6 Å². The van der Waals surface area contributed by atoms with E-state index in [4.69, 9.17) is 14.8 Å². The second-order valence-electron chi connectivity index (χ2n) is 15.9. The first-order chi connectivity index (χ1) is 25.5. The van der Waals surface area contributed by atoms with Crippen LogP contribution in [0.5, 0.6) is 11.5 Å². The van der Waals surface area contributed by atoms with Crippen molar-refractivity contribution in [1.29, 1.82) is 0 Å². The third-order valence-corrected chi connectivity index (χ3v) is 10.7. The van der Waals surface area contributed by atoms with Crippen LogP contribution in [0.4, 0.5) is 0 Å². The van der Waals surface area contributed by atoms with Gasteiger partial charge in [0.05, 0.1) is 22.4 Å². The molecule has 1 atom stereocenters. The Bertz CT molecular complexity index is 2360. The van der Waals surface area contributed by atoms with Gasteiger partial charge in [0.15, 0.2) is 0 Å². The van der Waals surface area contributed by atoms with E-state index < -0.39 is 0 Å². The van der Waals surface area contributed by atoms with Gasteiger partial charge >= 0.3 is 0 Å². The molecule has 0 N–H and O–H groups in total. The summed E-state index contributed by atoms with van der Waals surface area (Å²) in [6.07, 6.45) is 7.69. The molecule has 0 saturated carbocycles.